The van der Waals surface area contributed by atoms with Crippen LogP contribution in [0.25, 0.3) is 0 Å². The summed E-state index contributed by atoms with van der Waals surface area (Å²) in [6, 6.07) is 7.28. The second kappa shape index (κ2) is 5.37. The average molecular weight is 279 g/mol. The molecule has 6 heteroatoms. The number of azo groups is 1. The maximum atomic E-state index is 6.00. The summed E-state index contributed by atoms with van der Waals surface area (Å²) >= 11 is 11.0. The summed E-state index contributed by atoms with van der Waals surface area (Å²) in [7, 11) is 0. The zero-order valence-electron chi connectivity index (χ0n) is 9.94. The molecule has 0 saturated heterocycles. The molecule has 2 rings (SSSR count). The van der Waals surface area contributed by atoms with Gasteiger partial charge in [-0.15, -0.1) is 10.2 Å². The second-order valence-corrected chi connectivity index (χ2v) is 4.55. The Morgan fingerprint density at radius 2 is 1.94 bits per heavy atom. The topological polar surface area (TPSA) is 53.4 Å². The summed E-state index contributed by atoms with van der Waals surface area (Å²) in [5, 5.41) is 8.87. The van der Waals surface area contributed by atoms with Gasteiger partial charge in [-0.1, -0.05) is 23.7 Å². The lowest BCUT2D eigenvalue weighted by atomic mass is 10.3. The highest BCUT2D eigenvalue weighted by molar-refractivity contribution is 7.71. The van der Waals surface area contributed by atoms with Gasteiger partial charge < -0.3 is 4.98 Å². The lowest BCUT2D eigenvalue weighted by Crippen LogP contribution is -1.90. The summed E-state index contributed by atoms with van der Waals surface area (Å²) in [5.41, 5.74) is 2.89. The third-order valence-electron chi connectivity index (χ3n) is 2.37. The van der Waals surface area contributed by atoms with Gasteiger partial charge >= 0.3 is 0 Å². The normalized spacial score (nSPS) is 11.1. The molecule has 1 heterocycles. The first-order chi connectivity index (χ1) is 8.58. The van der Waals surface area contributed by atoms with Crippen molar-refractivity contribution >= 4 is 35.2 Å². The number of benzene rings is 1. The molecule has 0 saturated carbocycles. The molecule has 0 aliphatic heterocycles. The Morgan fingerprint density at radius 3 is 2.61 bits per heavy atom. The minimum absolute atomic E-state index is 0.446. The summed E-state index contributed by atoms with van der Waals surface area (Å²) in [6.45, 7) is 3.73. The summed E-state index contributed by atoms with van der Waals surface area (Å²) in [5.74, 6) is 0. The lowest BCUT2D eigenvalue weighted by Gasteiger charge is -2.02. The van der Waals surface area contributed by atoms with Gasteiger partial charge in [0.15, 0.2) is 4.77 Å². The Kier molecular flexibility index (Phi) is 3.84. The highest BCUT2D eigenvalue weighted by Gasteiger charge is 2.04. The first-order valence-corrected chi connectivity index (χ1v) is 6.10. The highest BCUT2D eigenvalue weighted by atomic mass is 35.5. The van der Waals surface area contributed by atoms with Crippen molar-refractivity contribution in [1.29, 1.82) is 0 Å². The van der Waals surface area contributed by atoms with Crippen LogP contribution >= 0.6 is 23.8 Å². The van der Waals surface area contributed by atoms with E-state index in [0.717, 1.165) is 11.4 Å². The van der Waals surface area contributed by atoms with E-state index in [0.29, 0.717) is 21.2 Å². The van der Waals surface area contributed by atoms with E-state index < -0.39 is 0 Å². The molecule has 0 unspecified atom stereocenters. The monoisotopic (exact) mass is 278 g/mol. The molecule has 4 nitrogen and oxygen atoms in total. The van der Waals surface area contributed by atoms with Gasteiger partial charge in [0.25, 0.3) is 0 Å². The molecule has 92 valence electrons. The van der Waals surface area contributed by atoms with E-state index in [1.54, 1.807) is 12.1 Å². The fourth-order valence-corrected chi connectivity index (χ4v) is 1.97. The molecule has 0 amide bonds. The van der Waals surface area contributed by atoms with Crippen molar-refractivity contribution in [3.05, 3.63) is 45.4 Å². The van der Waals surface area contributed by atoms with Crippen LogP contribution in [0.4, 0.5) is 11.4 Å². The molecular formula is C12H11ClN4S. The quantitative estimate of drug-likeness (QED) is 0.632. The second-order valence-electron chi connectivity index (χ2n) is 3.75. The van der Waals surface area contributed by atoms with Gasteiger partial charge in [0.05, 0.1) is 10.7 Å². The summed E-state index contributed by atoms with van der Waals surface area (Å²) in [6.07, 6.45) is 0. The standard InChI is InChI=1S/C12H11ClN4S/c1-7-11(8(2)15-12(18)14-7)17-16-10-6-4-3-5-9(10)13/h3-6H,1-2H3,(H,14,15,18). The zero-order valence-corrected chi connectivity index (χ0v) is 11.5. The van der Waals surface area contributed by atoms with Crippen LogP contribution in [0, 0.1) is 18.6 Å². The third-order valence-corrected chi connectivity index (χ3v) is 2.88. The first-order valence-electron chi connectivity index (χ1n) is 5.31. The Hall–Kier alpha value is -1.59. The Labute approximate surface area is 115 Å². The number of nitrogens with one attached hydrogen (secondary N) is 1. The van der Waals surface area contributed by atoms with Gasteiger partial charge in [-0.3, -0.25) is 0 Å². The number of rotatable bonds is 2. The third kappa shape index (κ3) is 2.80. The van der Waals surface area contributed by atoms with Crippen molar-refractivity contribution in [3.8, 4) is 0 Å². The largest absolute Gasteiger partial charge is 0.333 e. The van der Waals surface area contributed by atoms with Crippen LogP contribution in [-0.4, -0.2) is 9.97 Å². The molecule has 0 spiro atoms. The highest BCUT2D eigenvalue weighted by Crippen LogP contribution is 2.27. The van der Waals surface area contributed by atoms with Gasteiger partial charge in [0, 0.05) is 5.69 Å². The minimum Gasteiger partial charge on any atom is -0.333 e. The van der Waals surface area contributed by atoms with Gasteiger partial charge in [-0.2, -0.15) is 0 Å². The number of H-pyrrole nitrogens is 1. The van der Waals surface area contributed by atoms with Gasteiger partial charge in [0.1, 0.15) is 11.4 Å². The minimum atomic E-state index is 0.446. The smallest absolute Gasteiger partial charge is 0.197 e. The molecule has 0 aliphatic carbocycles. The molecule has 0 fully saturated rings. The van der Waals surface area contributed by atoms with Crippen molar-refractivity contribution in [2.45, 2.75) is 13.8 Å². The molecule has 0 radical (unpaired) electrons. The van der Waals surface area contributed by atoms with Crippen molar-refractivity contribution in [1.82, 2.24) is 9.97 Å². The van der Waals surface area contributed by atoms with Crippen LogP contribution in [0.3, 0.4) is 0 Å². The van der Waals surface area contributed by atoms with E-state index in [1.165, 1.54) is 0 Å². The predicted octanol–water partition coefficient (Wildman–Crippen LogP) is 4.82. The SMILES string of the molecule is Cc1nc(=S)[nH]c(C)c1N=Nc1ccccc1Cl. The van der Waals surface area contributed by atoms with Crippen LogP contribution in [0.5, 0.6) is 0 Å². The van der Waals surface area contributed by atoms with Crippen LogP contribution in [-0.2, 0) is 0 Å². The number of halogens is 1. The molecular weight excluding hydrogens is 268 g/mol. The van der Waals surface area contributed by atoms with Crippen molar-refractivity contribution in [2.24, 2.45) is 10.2 Å². The fourth-order valence-electron chi connectivity index (χ4n) is 1.51. The van der Waals surface area contributed by atoms with Crippen LogP contribution < -0.4 is 0 Å². The number of hydrogen-bond acceptors (Lipinski definition) is 4. The summed E-state index contributed by atoms with van der Waals surface area (Å²) < 4.78 is 0.446. The van der Waals surface area contributed by atoms with Crippen LogP contribution in [0.2, 0.25) is 5.02 Å². The van der Waals surface area contributed by atoms with E-state index >= 15 is 0 Å². The van der Waals surface area contributed by atoms with Crippen molar-refractivity contribution in [3.63, 3.8) is 0 Å². The number of aromatic nitrogens is 2. The number of hydrogen-bond donors (Lipinski definition) is 1. The number of aromatic amines is 1. The van der Waals surface area contributed by atoms with Gasteiger partial charge in [-0.05, 0) is 38.2 Å². The Balaban J connectivity index is 2.41. The van der Waals surface area contributed by atoms with E-state index in [2.05, 4.69) is 20.2 Å². The lowest BCUT2D eigenvalue weighted by molar-refractivity contribution is 1.01. The number of nitrogens with zero attached hydrogens (tertiary/aromatic N) is 3. The molecule has 2 aromatic rings. The summed E-state index contributed by atoms with van der Waals surface area (Å²) in [4.78, 5) is 7.09. The van der Waals surface area contributed by atoms with Crippen LogP contribution in [0.1, 0.15) is 11.4 Å². The molecule has 0 bridgehead atoms. The molecule has 0 aliphatic rings. The molecule has 18 heavy (non-hydrogen) atoms. The van der Waals surface area contributed by atoms with E-state index in [1.807, 2.05) is 26.0 Å². The van der Waals surface area contributed by atoms with E-state index in [4.69, 9.17) is 23.8 Å². The first kappa shape index (κ1) is 12.9. The van der Waals surface area contributed by atoms with E-state index in [9.17, 15) is 0 Å². The molecule has 1 aromatic heterocycles. The van der Waals surface area contributed by atoms with Crippen LogP contribution in [0.15, 0.2) is 34.5 Å². The van der Waals surface area contributed by atoms with Gasteiger partial charge in [-0.25, -0.2) is 4.98 Å². The zero-order chi connectivity index (χ0) is 13.1. The van der Waals surface area contributed by atoms with Crippen molar-refractivity contribution in [2.75, 3.05) is 0 Å². The Bertz CT molecular complexity index is 637. The predicted molar refractivity (Wildman–Crippen MR) is 74.5 cm³/mol. The maximum Gasteiger partial charge on any atom is 0.197 e. The fraction of sp³-hybridized carbons (Fsp3) is 0.167. The molecule has 1 N–H and O–H groups in total. The Morgan fingerprint density at radius 1 is 1.22 bits per heavy atom. The van der Waals surface area contributed by atoms with Crippen molar-refractivity contribution < 1.29 is 0 Å². The molecule has 0 atom stereocenters. The number of aryl methyl sites for hydroxylation is 2. The molecule has 1 aromatic carbocycles. The van der Waals surface area contributed by atoms with E-state index in [-0.39, 0.29) is 0 Å². The van der Waals surface area contributed by atoms with Gasteiger partial charge in [0.2, 0.25) is 0 Å². The maximum absolute atomic E-state index is 6.00. The average Bonchev–Trinajstić information content (AvgIpc) is 2.30.